The number of rotatable bonds is 20. The van der Waals surface area contributed by atoms with E-state index in [1.807, 2.05) is 0 Å². The minimum Gasteiger partial charge on any atom is -0.508 e. The van der Waals surface area contributed by atoms with Crippen LogP contribution in [0.5, 0.6) is 11.5 Å². The average molecular weight is 1000 g/mol. The number of phenolic OH excluding ortho intramolecular Hbond substituents is 1. The van der Waals surface area contributed by atoms with Crippen LogP contribution >= 0.6 is 7.26 Å². The first kappa shape index (κ1) is 53.4. The van der Waals surface area contributed by atoms with Crippen LogP contribution in [0.1, 0.15) is 92.9 Å². The van der Waals surface area contributed by atoms with E-state index in [-0.39, 0.29) is 30.1 Å². The maximum absolute atomic E-state index is 14.3. The SMILES string of the molecule is COc1ccc([P+](CCCCCCCCCC(=O)NCCC(=O)Nc2ccc3c(c2O)C(O)=C2C(=O)[C@]4(O)C(O)=C(C(N)=O)C(=O)[C@@H](N(C)C)[C@@H]4[C@@H](O)[C@@H]2[C@H]3C)(c2ccc(C)cc2)c2ccc(C)cc2)cc1. The molecule has 382 valence electrons. The number of ketones is 2. The maximum Gasteiger partial charge on any atom is 0.255 e. The van der Waals surface area contributed by atoms with Gasteiger partial charge in [0.05, 0.1) is 42.6 Å². The van der Waals surface area contributed by atoms with Crippen molar-refractivity contribution in [3.63, 3.8) is 0 Å². The van der Waals surface area contributed by atoms with Gasteiger partial charge in [-0.1, -0.05) is 74.1 Å². The molecular formula is C56H68N4O11P+. The Bertz CT molecular complexity index is 2730. The number of aromatic hydroxyl groups is 1. The van der Waals surface area contributed by atoms with Crippen molar-refractivity contribution in [2.24, 2.45) is 17.6 Å². The molecule has 3 amide bonds. The fourth-order valence-electron chi connectivity index (χ4n) is 11.1. The molecule has 1 saturated carbocycles. The molecule has 9 N–H and O–H groups in total. The van der Waals surface area contributed by atoms with E-state index in [1.54, 1.807) is 14.0 Å². The largest absolute Gasteiger partial charge is 0.508 e. The Labute approximate surface area is 421 Å². The highest BCUT2D eigenvalue weighted by Gasteiger charge is 2.68. The molecule has 3 aliphatic rings. The van der Waals surface area contributed by atoms with Gasteiger partial charge in [0, 0.05) is 30.9 Å². The molecule has 0 unspecified atom stereocenters. The second-order valence-corrected chi connectivity index (χ2v) is 23.4. The van der Waals surface area contributed by atoms with Gasteiger partial charge in [0.25, 0.3) is 5.91 Å². The molecule has 0 aromatic heterocycles. The molecule has 6 atom stereocenters. The number of hydrogen-bond acceptors (Lipinski definition) is 12. The third-order valence-electron chi connectivity index (χ3n) is 14.9. The second kappa shape index (κ2) is 22.2. The van der Waals surface area contributed by atoms with Gasteiger partial charge in [0.2, 0.25) is 17.6 Å². The lowest BCUT2D eigenvalue weighted by atomic mass is 9.54. The highest BCUT2D eigenvalue weighted by Crippen LogP contribution is 2.58. The first-order valence-electron chi connectivity index (χ1n) is 24.7. The Kier molecular flexibility index (Phi) is 16.4. The molecule has 16 heteroatoms. The van der Waals surface area contributed by atoms with Crippen molar-refractivity contribution in [2.75, 3.05) is 39.2 Å². The van der Waals surface area contributed by atoms with Gasteiger partial charge in [-0.25, -0.2) is 0 Å². The number of ether oxygens (including phenoxy) is 1. The molecule has 0 radical (unpaired) electrons. The van der Waals surface area contributed by atoms with Gasteiger partial charge >= 0.3 is 0 Å². The van der Waals surface area contributed by atoms with Gasteiger partial charge in [0.1, 0.15) is 51.8 Å². The molecule has 7 rings (SSSR count). The maximum atomic E-state index is 14.3. The molecule has 1 fully saturated rings. The van der Waals surface area contributed by atoms with E-state index >= 15 is 0 Å². The van der Waals surface area contributed by atoms with Crippen LogP contribution in [0.2, 0.25) is 0 Å². The van der Waals surface area contributed by atoms with Crippen molar-refractivity contribution in [1.82, 2.24) is 10.2 Å². The number of carbonyl (C=O) groups is 5. The number of likely N-dealkylation sites (N-methyl/N-ethyl adjacent to an activating group) is 1. The smallest absolute Gasteiger partial charge is 0.255 e. The van der Waals surface area contributed by atoms with Gasteiger partial charge in [-0.2, -0.15) is 0 Å². The second-order valence-electron chi connectivity index (χ2n) is 19.8. The Morgan fingerprint density at radius 3 is 1.85 bits per heavy atom. The summed E-state index contributed by atoms with van der Waals surface area (Å²) in [5.74, 6) is -10.0. The van der Waals surface area contributed by atoms with Crippen LogP contribution in [0.15, 0.2) is 102 Å². The van der Waals surface area contributed by atoms with Gasteiger partial charge in [0.15, 0.2) is 11.4 Å². The number of aryl methyl sites for hydroxylation is 2. The zero-order chi connectivity index (χ0) is 52.2. The number of amides is 3. The first-order valence-corrected chi connectivity index (χ1v) is 26.7. The third-order valence-corrected chi connectivity index (χ3v) is 19.5. The molecule has 0 bridgehead atoms. The number of hydrogen-bond donors (Lipinski definition) is 8. The normalized spacial score (nSPS) is 21.8. The van der Waals surface area contributed by atoms with Gasteiger partial charge < -0.3 is 46.6 Å². The molecular weight excluding hydrogens is 936 g/mol. The van der Waals surface area contributed by atoms with Gasteiger partial charge in [-0.15, -0.1) is 0 Å². The lowest BCUT2D eigenvalue weighted by Crippen LogP contribution is -2.70. The van der Waals surface area contributed by atoms with E-state index in [9.17, 15) is 49.5 Å². The fraction of sp³-hybridized carbons (Fsp3) is 0.411. The van der Waals surface area contributed by atoms with Crippen LogP contribution in [-0.2, 0) is 24.0 Å². The van der Waals surface area contributed by atoms with E-state index in [2.05, 4.69) is 97.3 Å². The molecule has 4 aromatic rings. The lowest BCUT2D eigenvalue weighted by Gasteiger charge is -2.53. The predicted molar refractivity (Wildman–Crippen MR) is 280 cm³/mol. The molecule has 0 aliphatic heterocycles. The van der Waals surface area contributed by atoms with Crippen molar-refractivity contribution in [2.45, 2.75) is 102 Å². The van der Waals surface area contributed by atoms with Crippen molar-refractivity contribution >= 4 is 63.9 Å². The zero-order valence-electron chi connectivity index (χ0n) is 41.9. The van der Waals surface area contributed by atoms with Crippen LogP contribution in [0.4, 0.5) is 5.69 Å². The number of nitrogens with zero attached hydrogens (tertiary/aromatic N) is 1. The number of anilines is 1. The van der Waals surface area contributed by atoms with Gasteiger partial charge in [-0.3, -0.25) is 28.9 Å². The molecule has 0 heterocycles. The van der Waals surface area contributed by atoms with E-state index in [4.69, 9.17) is 10.5 Å². The minimum atomic E-state index is -3.05. The zero-order valence-corrected chi connectivity index (χ0v) is 42.8. The van der Waals surface area contributed by atoms with Crippen LogP contribution in [-0.4, -0.2) is 111 Å². The minimum absolute atomic E-state index is 0.0309. The van der Waals surface area contributed by atoms with E-state index < -0.39 is 94.6 Å². The molecule has 4 aromatic carbocycles. The topological polar surface area (TPSA) is 249 Å². The predicted octanol–water partition coefficient (Wildman–Crippen LogP) is 5.68. The summed E-state index contributed by atoms with van der Waals surface area (Å²) in [4.78, 5) is 67.2. The number of Topliss-reactive ketones (excluding diaryl/α,β-unsaturated/α-hetero) is 2. The number of unbranched alkanes of at least 4 members (excludes halogenated alkanes) is 6. The summed E-state index contributed by atoms with van der Waals surface area (Å²) in [5.41, 5.74) is 3.21. The van der Waals surface area contributed by atoms with Gasteiger partial charge in [-0.05, 0) is 113 Å². The quantitative estimate of drug-likeness (QED) is 0.0231. The van der Waals surface area contributed by atoms with E-state index in [0.29, 0.717) is 18.4 Å². The summed E-state index contributed by atoms with van der Waals surface area (Å²) in [6.07, 6.45) is 6.45. The van der Waals surface area contributed by atoms with Crippen LogP contribution in [0, 0.1) is 25.7 Å². The molecule has 3 aliphatic carbocycles. The number of fused-ring (bicyclic) bond motifs is 3. The number of carbonyl (C=O) groups excluding carboxylic acids is 5. The number of primary amides is 1. The summed E-state index contributed by atoms with van der Waals surface area (Å²) < 4.78 is 5.52. The van der Waals surface area contributed by atoms with Crippen LogP contribution < -0.4 is 37.0 Å². The Hall–Kier alpha value is -6.38. The monoisotopic (exact) mass is 1000 g/mol. The Morgan fingerprint density at radius 1 is 0.764 bits per heavy atom. The summed E-state index contributed by atoms with van der Waals surface area (Å²) in [6, 6.07) is 28.1. The number of benzene rings is 4. The summed E-state index contributed by atoms with van der Waals surface area (Å²) >= 11 is 0. The number of nitrogens with one attached hydrogen (secondary N) is 2. The van der Waals surface area contributed by atoms with E-state index in [0.717, 1.165) is 50.4 Å². The molecule has 0 spiro atoms. The molecule has 72 heavy (non-hydrogen) atoms. The van der Waals surface area contributed by atoms with Crippen LogP contribution in [0.25, 0.3) is 5.76 Å². The van der Waals surface area contributed by atoms with Crippen molar-refractivity contribution in [1.29, 1.82) is 0 Å². The number of nitrogens with two attached hydrogens (primary N) is 1. The molecule has 0 saturated heterocycles. The van der Waals surface area contributed by atoms with E-state index in [1.165, 1.54) is 58.2 Å². The first-order chi connectivity index (χ1) is 34.3. The number of aliphatic hydroxyl groups excluding tert-OH is 3. The summed E-state index contributed by atoms with van der Waals surface area (Å²) in [6.45, 7) is 5.89. The Morgan fingerprint density at radius 2 is 1.31 bits per heavy atom. The van der Waals surface area contributed by atoms with Crippen molar-refractivity contribution in [3.8, 4) is 11.5 Å². The van der Waals surface area contributed by atoms with Crippen molar-refractivity contribution < 1.29 is 54.2 Å². The average Bonchev–Trinajstić information content (AvgIpc) is 3.34. The number of phenols is 1. The van der Waals surface area contributed by atoms with Crippen LogP contribution in [0.3, 0.4) is 0 Å². The summed E-state index contributed by atoms with van der Waals surface area (Å²) in [5, 5.41) is 67.5. The standard InChI is InChI=1S/C56H67N4O11P/c1-32-15-21-36(22-16-32)72(37-23-17-33(2)18-24-37,38-25-19-35(71-6)20-26-38)31-13-11-9-7-8-10-12-14-41(61)58-30-29-42(62)59-40-28-27-39-34(3)43-45(50(64)44(39)49(40)63)53(67)56(70)47(51(43)65)48(60(4)5)52(66)46(54(56)68)55(57)69/h15-28,34,43,47-48,51,65,70H,7-14,29-31H2,1-6H3,(H6-,57,58,59,61,62,63,64,66,67,68,69)/p+1/t34-,43+,47+,48-,51-,56-/m0/s1. The summed E-state index contributed by atoms with van der Waals surface area (Å²) in [7, 11) is 2.60. The molecule has 15 nitrogen and oxygen atoms in total. The Balaban J connectivity index is 0.895. The third kappa shape index (κ3) is 10.0. The number of methoxy groups -OCH3 is 1. The van der Waals surface area contributed by atoms with Crippen molar-refractivity contribution in [3.05, 3.63) is 124 Å². The lowest BCUT2D eigenvalue weighted by molar-refractivity contribution is -0.169. The fourth-order valence-corrected chi connectivity index (χ4v) is 15.5. The highest BCUT2D eigenvalue weighted by molar-refractivity contribution is 7.95. The number of aliphatic hydroxyl groups is 4. The highest BCUT2D eigenvalue weighted by atomic mass is 31.2.